The maximum absolute atomic E-state index is 11.3. The van der Waals surface area contributed by atoms with Crippen molar-refractivity contribution in [2.75, 3.05) is 20.2 Å². The van der Waals surface area contributed by atoms with Gasteiger partial charge in [0.05, 0.1) is 25.1 Å². The number of hydrogen-bond acceptors (Lipinski definition) is 5. The summed E-state index contributed by atoms with van der Waals surface area (Å²) in [5.41, 5.74) is 0. The number of furan rings is 1. The molecule has 2 atom stereocenters. The molecule has 0 saturated heterocycles. The van der Waals surface area contributed by atoms with Crippen LogP contribution in [0.4, 0.5) is 0 Å². The average molecular weight is 264 g/mol. The molecule has 0 aliphatic rings. The summed E-state index contributed by atoms with van der Waals surface area (Å²) in [4.78, 5) is 13.5. The van der Waals surface area contributed by atoms with Crippen LogP contribution in [0.25, 0.3) is 0 Å². The van der Waals surface area contributed by atoms with Crippen molar-refractivity contribution in [1.82, 2.24) is 4.90 Å². The molecule has 1 rings (SSSR count). The predicted molar refractivity (Wildman–Crippen MR) is 70.5 cm³/mol. The molecule has 0 radical (unpaired) electrons. The Morgan fingerprint density at radius 1 is 1.53 bits per heavy atom. The number of rotatable bonds is 6. The molecule has 0 spiro atoms. The minimum absolute atomic E-state index is 0.0132. The van der Waals surface area contributed by atoms with Gasteiger partial charge in [-0.1, -0.05) is 6.92 Å². The van der Waals surface area contributed by atoms with Gasteiger partial charge in [-0.15, -0.1) is 0 Å². The third-order valence-corrected chi connectivity index (χ3v) is 3.11. The van der Waals surface area contributed by atoms with Crippen LogP contribution in [0, 0.1) is 17.2 Å². The largest absolute Gasteiger partial charge is 0.463 e. The molecule has 1 aromatic rings. The number of hydrogen-bond donors (Lipinski definition) is 0. The monoisotopic (exact) mass is 264 g/mol. The second-order valence-corrected chi connectivity index (χ2v) is 4.49. The SMILES string of the molecule is CCN(CC(C)C#N)C(C)c1ccc(C(=O)OC)o1. The first-order chi connectivity index (χ1) is 9.03. The zero-order valence-electron chi connectivity index (χ0n) is 11.8. The fourth-order valence-electron chi connectivity index (χ4n) is 1.92. The van der Waals surface area contributed by atoms with Crippen molar-refractivity contribution < 1.29 is 13.9 Å². The second kappa shape index (κ2) is 6.95. The van der Waals surface area contributed by atoms with E-state index >= 15 is 0 Å². The van der Waals surface area contributed by atoms with Crippen LogP contribution < -0.4 is 0 Å². The zero-order chi connectivity index (χ0) is 14.4. The third kappa shape index (κ3) is 3.83. The number of ether oxygens (including phenoxy) is 1. The topological polar surface area (TPSA) is 66.5 Å². The fraction of sp³-hybridized carbons (Fsp3) is 0.571. The van der Waals surface area contributed by atoms with Crippen LogP contribution in [0.15, 0.2) is 16.5 Å². The minimum atomic E-state index is -0.480. The van der Waals surface area contributed by atoms with Crippen molar-refractivity contribution in [1.29, 1.82) is 5.26 Å². The summed E-state index contributed by atoms with van der Waals surface area (Å²) in [6, 6.07) is 5.62. The van der Waals surface area contributed by atoms with Gasteiger partial charge in [0.25, 0.3) is 0 Å². The van der Waals surface area contributed by atoms with Gasteiger partial charge in [-0.05, 0) is 32.5 Å². The summed E-state index contributed by atoms with van der Waals surface area (Å²) < 4.78 is 10.1. The molecule has 0 aromatic carbocycles. The Labute approximate surface area is 113 Å². The molecular formula is C14H20N2O3. The summed E-state index contributed by atoms with van der Waals surface area (Å²) in [5.74, 6) is 0.380. The van der Waals surface area contributed by atoms with Gasteiger partial charge in [0, 0.05) is 6.54 Å². The van der Waals surface area contributed by atoms with Crippen molar-refractivity contribution in [2.24, 2.45) is 5.92 Å². The average Bonchev–Trinajstić information content (AvgIpc) is 2.92. The zero-order valence-corrected chi connectivity index (χ0v) is 11.8. The highest BCUT2D eigenvalue weighted by Crippen LogP contribution is 2.23. The molecule has 2 unspecified atom stereocenters. The first-order valence-electron chi connectivity index (χ1n) is 6.35. The van der Waals surface area contributed by atoms with E-state index in [0.717, 1.165) is 6.54 Å². The molecule has 0 amide bonds. The predicted octanol–water partition coefficient (Wildman–Crippen LogP) is 2.61. The Bertz CT molecular complexity index is 462. The molecular weight excluding hydrogens is 244 g/mol. The van der Waals surface area contributed by atoms with E-state index in [2.05, 4.69) is 15.7 Å². The lowest BCUT2D eigenvalue weighted by Gasteiger charge is -2.27. The normalized spacial score (nSPS) is 13.9. The van der Waals surface area contributed by atoms with Gasteiger partial charge in [-0.25, -0.2) is 4.79 Å². The van der Waals surface area contributed by atoms with E-state index < -0.39 is 5.97 Å². The van der Waals surface area contributed by atoms with Crippen LogP contribution in [-0.4, -0.2) is 31.1 Å². The van der Waals surface area contributed by atoms with Crippen molar-refractivity contribution in [2.45, 2.75) is 26.8 Å². The van der Waals surface area contributed by atoms with Gasteiger partial charge in [-0.3, -0.25) is 4.90 Å². The van der Waals surface area contributed by atoms with Crippen LogP contribution in [0.3, 0.4) is 0 Å². The van der Waals surface area contributed by atoms with Gasteiger partial charge < -0.3 is 9.15 Å². The molecule has 1 heterocycles. The highest BCUT2D eigenvalue weighted by molar-refractivity contribution is 5.86. The number of nitriles is 1. The standard InChI is InChI=1S/C14H20N2O3/c1-5-16(9-10(2)8-15)11(3)12-6-7-13(19-12)14(17)18-4/h6-7,10-11H,5,9H2,1-4H3. The molecule has 104 valence electrons. The molecule has 0 aliphatic heterocycles. The summed E-state index contributed by atoms with van der Waals surface area (Å²) >= 11 is 0. The molecule has 0 fully saturated rings. The van der Waals surface area contributed by atoms with E-state index in [1.165, 1.54) is 7.11 Å². The second-order valence-electron chi connectivity index (χ2n) is 4.49. The Kier molecular flexibility index (Phi) is 5.58. The van der Waals surface area contributed by atoms with Crippen LogP contribution in [0.1, 0.15) is 43.1 Å². The number of methoxy groups -OCH3 is 1. The van der Waals surface area contributed by atoms with Gasteiger partial charge in [0.15, 0.2) is 0 Å². The number of esters is 1. The summed E-state index contributed by atoms with van der Waals surface area (Å²) in [5, 5.41) is 8.88. The van der Waals surface area contributed by atoms with Crippen LogP contribution in [0.2, 0.25) is 0 Å². The highest BCUT2D eigenvalue weighted by atomic mass is 16.5. The highest BCUT2D eigenvalue weighted by Gasteiger charge is 2.21. The van der Waals surface area contributed by atoms with Crippen LogP contribution >= 0.6 is 0 Å². The quantitative estimate of drug-likeness (QED) is 0.739. The molecule has 0 aliphatic carbocycles. The van der Waals surface area contributed by atoms with Crippen molar-refractivity contribution >= 4 is 5.97 Å². The van der Waals surface area contributed by atoms with Gasteiger partial charge in [-0.2, -0.15) is 5.26 Å². The first-order valence-corrected chi connectivity index (χ1v) is 6.35. The van der Waals surface area contributed by atoms with Crippen LogP contribution in [0.5, 0.6) is 0 Å². The van der Waals surface area contributed by atoms with E-state index in [4.69, 9.17) is 9.68 Å². The molecule has 0 N–H and O–H groups in total. The van der Waals surface area contributed by atoms with Crippen molar-refractivity contribution in [3.8, 4) is 6.07 Å². The lowest BCUT2D eigenvalue weighted by molar-refractivity contribution is 0.0558. The molecule has 0 bridgehead atoms. The molecule has 0 saturated carbocycles. The summed E-state index contributed by atoms with van der Waals surface area (Å²) in [6.45, 7) is 7.39. The van der Waals surface area contributed by atoms with E-state index in [-0.39, 0.29) is 17.7 Å². The smallest absolute Gasteiger partial charge is 0.373 e. The molecule has 5 nitrogen and oxygen atoms in total. The lowest BCUT2D eigenvalue weighted by atomic mass is 10.1. The minimum Gasteiger partial charge on any atom is -0.463 e. The van der Waals surface area contributed by atoms with Crippen molar-refractivity contribution in [3.63, 3.8) is 0 Å². The molecule has 1 aromatic heterocycles. The number of nitrogens with zero attached hydrogens (tertiary/aromatic N) is 2. The molecule has 5 heteroatoms. The first kappa shape index (κ1) is 15.3. The van der Waals surface area contributed by atoms with E-state index in [1.807, 2.05) is 20.8 Å². The third-order valence-electron chi connectivity index (χ3n) is 3.11. The number of carbonyl (C=O) groups excluding carboxylic acids is 1. The summed E-state index contributed by atoms with van der Waals surface area (Å²) in [7, 11) is 1.32. The van der Waals surface area contributed by atoms with E-state index in [0.29, 0.717) is 12.3 Å². The van der Waals surface area contributed by atoms with E-state index in [1.54, 1.807) is 12.1 Å². The van der Waals surface area contributed by atoms with E-state index in [9.17, 15) is 4.79 Å². The Hall–Kier alpha value is -1.80. The van der Waals surface area contributed by atoms with Crippen molar-refractivity contribution in [3.05, 3.63) is 23.7 Å². The van der Waals surface area contributed by atoms with Gasteiger partial charge in [0.2, 0.25) is 5.76 Å². The lowest BCUT2D eigenvalue weighted by Crippen LogP contribution is -2.30. The number of carbonyl (C=O) groups is 1. The summed E-state index contributed by atoms with van der Waals surface area (Å²) in [6.07, 6.45) is 0. The fourth-order valence-corrected chi connectivity index (χ4v) is 1.92. The maximum Gasteiger partial charge on any atom is 0.373 e. The van der Waals surface area contributed by atoms with Crippen LogP contribution in [-0.2, 0) is 4.74 Å². The Morgan fingerprint density at radius 3 is 2.74 bits per heavy atom. The van der Waals surface area contributed by atoms with Gasteiger partial charge >= 0.3 is 5.97 Å². The molecule has 19 heavy (non-hydrogen) atoms. The Balaban J connectivity index is 2.80. The maximum atomic E-state index is 11.3. The van der Waals surface area contributed by atoms with Gasteiger partial charge in [0.1, 0.15) is 5.76 Å². The Morgan fingerprint density at radius 2 is 2.21 bits per heavy atom.